The zero-order valence-corrected chi connectivity index (χ0v) is 19.2. The summed E-state index contributed by atoms with van der Waals surface area (Å²) in [6, 6.07) is 11.7. The van der Waals surface area contributed by atoms with E-state index in [-0.39, 0.29) is 6.04 Å². The van der Waals surface area contributed by atoms with Crippen molar-refractivity contribution in [1.29, 1.82) is 0 Å². The lowest BCUT2D eigenvalue weighted by molar-refractivity contribution is -0.139. The predicted octanol–water partition coefficient (Wildman–Crippen LogP) is 2.43. The first-order valence-corrected chi connectivity index (χ1v) is 11.2. The summed E-state index contributed by atoms with van der Waals surface area (Å²) in [6.07, 6.45) is 2.48. The third-order valence-corrected chi connectivity index (χ3v) is 5.73. The molecule has 1 aromatic carbocycles. The standard InChI is InChI=1S/C24H34N4O4/c1-18(2)10-11-25-23(29)24(30)26-17-21(22-5-4-16-32-22)28-14-12-27(13-15-28)19-6-8-20(31-3)9-7-19/h4-9,16,18,21H,10-15,17H2,1-3H3,(H,25,29)(H,26,30)/t21-/m1/s1. The van der Waals surface area contributed by atoms with Crippen LogP contribution in [0.3, 0.4) is 0 Å². The van der Waals surface area contributed by atoms with E-state index in [1.54, 1.807) is 13.4 Å². The highest BCUT2D eigenvalue weighted by Crippen LogP contribution is 2.25. The topological polar surface area (TPSA) is 87.0 Å². The summed E-state index contributed by atoms with van der Waals surface area (Å²) in [4.78, 5) is 29.0. The molecular weight excluding hydrogens is 408 g/mol. The van der Waals surface area contributed by atoms with Gasteiger partial charge >= 0.3 is 11.8 Å². The molecule has 174 valence electrons. The number of methoxy groups -OCH3 is 1. The molecule has 1 aromatic heterocycles. The summed E-state index contributed by atoms with van der Waals surface area (Å²) in [7, 11) is 1.66. The first kappa shape index (κ1) is 23.7. The third kappa shape index (κ3) is 6.50. The summed E-state index contributed by atoms with van der Waals surface area (Å²) in [5, 5.41) is 5.46. The number of anilines is 1. The Kier molecular flexibility index (Phi) is 8.56. The van der Waals surface area contributed by atoms with Gasteiger partial charge in [0.1, 0.15) is 11.5 Å². The first-order chi connectivity index (χ1) is 15.5. The fraction of sp³-hybridized carbons (Fsp3) is 0.500. The maximum Gasteiger partial charge on any atom is 0.309 e. The van der Waals surface area contributed by atoms with Crippen LogP contribution < -0.4 is 20.3 Å². The number of rotatable bonds is 9. The average Bonchev–Trinajstić information content (AvgIpc) is 3.34. The number of nitrogens with zero attached hydrogens (tertiary/aromatic N) is 2. The van der Waals surface area contributed by atoms with Crippen molar-refractivity contribution in [3.05, 3.63) is 48.4 Å². The largest absolute Gasteiger partial charge is 0.497 e. The van der Waals surface area contributed by atoms with Gasteiger partial charge in [-0.2, -0.15) is 0 Å². The Morgan fingerprint density at radius 2 is 1.72 bits per heavy atom. The van der Waals surface area contributed by atoms with Crippen molar-refractivity contribution in [1.82, 2.24) is 15.5 Å². The van der Waals surface area contributed by atoms with Crippen molar-refractivity contribution < 1.29 is 18.7 Å². The van der Waals surface area contributed by atoms with Crippen molar-refractivity contribution in [2.75, 3.05) is 51.3 Å². The van der Waals surface area contributed by atoms with Crippen LogP contribution in [0.15, 0.2) is 47.1 Å². The van der Waals surface area contributed by atoms with Gasteiger partial charge in [0.05, 0.1) is 19.4 Å². The molecule has 0 bridgehead atoms. The van der Waals surface area contributed by atoms with E-state index in [1.807, 2.05) is 24.3 Å². The van der Waals surface area contributed by atoms with Crippen LogP contribution in [0.2, 0.25) is 0 Å². The van der Waals surface area contributed by atoms with Crippen LogP contribution in [0.1, 0.15) is 32.1 Å². The maximum absolute atomic E-state index is 12.3. The lowest BCUT2D eigenvalue weighted by atomic mass is 10.1. The van der Waals surface area contributed by atoms with Crippen LogP contribution in [0, 0.1) is 5.92 Å². The van der Waals surface area contributed by atoms with Gasteiger partial charge in [0, 0.05) is 45.0 Å². The SMILES string of the molecule is COc1ccc(N2CCN([C@H](CNC(=O)C(=O)NCCC(C)C)c3ccco3)CC2)cc1. The van der Waals surface area contributed by atoms with Gasteiger partial charge in [-0.05, 0) is 48.7 Å². The number of amides is 2. The zero-order chi connectivity index (χ0) is 22.9. The van der Waals surface area contributed by atoms with Crippen molar-refractivity contribution in [2.24, 2.45) is 5.92 Å². The average molecular weight is 443 g/mol. The second-order valence-electron chi connectivity index (χ2n) is 8.40. The Bertz CT molecular complexity index is 843. The molecule has 8 heteroatoms. The van der Waals surface area contributed by atoms with Gasteiger partial charge in [0.25, 0.3) is 0 Å². The molecule has 2 aromatic rings. The normalized spacial score (nSPS) is 15.4. The number of benzene rings is 1. The summed E-state index contributed by atoms with van der Waals surface area (Å²) in [6.45, 7) is 8.30. The number of hydrogen-bond acceptors (Lipinski definition) is 6. The van der Waals surface area contributed by atoms with Crippen LogP contribution in [0.5, 0.6) is 5.75 Å². The van der Waals surface area contributed by atoms with Crippen molar-refractivity contribution in [3.63, 3.8) is 0 Å². The fourth-order valence-electron chi connectivity index (χ4n) is 3.80. The second-order valence-corrected chi connectivity index (χ2v) is 8.40. The lowest BCUT2D eigenvalue weighted by Crippen LogP contribution is -2.50. The third-order valence-electron chi connectivity index (χ3n) is 5.73. The summed E-state index contributed by atoms with van der Waals surface area (Å²) < 4.78 is 10.9. The van der Waals surface area contributed by atoms with Crippen LogP contribution >= 0.6 is 0 Å². The van der Waals surface area contributed by atoms with E-state index in [0.717, 1.165) is 49.8 Å². The van der Waals surface area contributed by atoms with Crippen LogP contribution in [-0.4, -0.2) is 63.1 Å². The molecule has 0 spiro atoms. The summed E-state index contributed by atoms with van der Waals surface area (Å²) in [5.74, 6) is 0.895. The minimum atomic E-state index is -0.609. The van der Waals surface area contributed by atoms with E-state index >= 15 is 0 Å². The Hall–Kier alpha value is -3.00. The van der Waals surface area contributed by atoms with E-state index in [0.29, 0.717) is 19.0 Å². The smallest absolute Gasteiger partial charge is 0.309 e. The van der Waals surface area contributed by atoms with Crippen LogP contribution in [0.25, 0.3) is 0 Å². The lowest BCUT2D eigenvalue weighted by Gasteiger charge is -2.39. The van der Waals surface area contributed by atoms with E-state index in [1.165, 1.54) is 0 Å². The zero-order valence-electron chi connectivity index (χ0n) is 19.2. The van der Waals surface area contributed by atoms with Crippen LogP contribution in [0.4, 0.5) is 5.69 Å². The van der Waals surface area contributed by atoms with E-state index in [9.17, 15) is 9.59 Å². The Morgan fingerprint density at radius 1 is 1.03 bits per heavy atom. The van der Waals surface area contributed by atoms with Gasteiger partial charge in [0.15, 0.2) is 0 Å². The fourth-order valence-corrected chi connectivity index (χ4v) is 3.80. The predicted molar refractivity (Wildman–Crippen MR) is 124 cm³/mol. The van der Waals surface area contributed by atoms with Gasteiger partial charge in [-0.3, -0.25) is 14.5 Å². The Labute approximate surface area is 189 Å². The van der Waals surface area contributed by atoms with E-state index in [2.05, 4.69) is 46.4 Å². The number of nitrogens with one attached hydrogen (secondary N) is 2. The number of hydrogen-bond donors (Lipinski definition) is 2. The van der Waals surface area contributed by atoms with Crippen molar-refractivity contribution in [2.45, 2.75) is 26.3 Å². The molecule has 2 amide bonds. The quantitative estimate of drug-likeness (QED) is 0.580. The van der Waals surface area contributed by atoms with Gasteiger partial charge < -0.3 is 24.7 Å². The van der Waals surface area contributed by atoms with Gasteiger partial charge in [0.2, 0.25) is 0 Å². The number of furan rings is 1. The summed E-state index contributed by atoms with van der Waals surface area (Å²) in [5.41, 5.74) is 1.16. The molecule has 1 aliphatic heterocycles. The first-order valence-electron chi connectivity index (χ1n) is 11.2. The highest BCUT2D eigenvalue weighted by atomic mass is 16.5. The molecule has 1 atom stereocenters. The molecule has 2 N–H and O–H groups in total. The van der Waals surface area contributed by atoms with Gasteiger partial charge in [-0.25, -0.2) is 0 Å². The van der Waals surface area contributed by atoms with Crippen molar-refractivity contribution in [3.8, 4) is 5.75 Å². The minimum absolute atomic E-state index is 0.129. The molecule has 0 saturated carbocycles. The molecule has 0 unspecified atom stereocenters. The molecule has 0 aliphatic carbocycles. The highest BCUT2D eigenvalue weighted by molar-refractivity contribution is 6.35. The van der Waals surface area contributed by atoms with E-state index in [4.69, 9.17) is 9.15 Å². The number of ether oxygens (including phenoxy) is 1. The molecule has 1 aliphatic rings. The Balaban J connectivity index is 1.55. The number of carbonyl (C=O) groups excluding carboxylic acids is 2. The minimum Gasteiger partial charge on any atom is -0.497 e. The molecular formula is C24H34N4O4. The molecule has 3 rings (SSSR count). The van der Waals surface area contributed by atoms with Gasteiger partial charge in [-0.15, -0.1) is 0 Å². The van der Waals surface area contributed by atoms with Crippen LogP contribution in [-0.2, 0) is 9.59 Å². The molecule has 32 heavy (non-hydrogen) atoms. The van der Waals surface area contributed by atoms with Crippen molar-refractivity contribution >= 4 is 17.5 Å². The molecule has 2 heterocycles. The summed E-state index contributed by atoms with van der Waals surface area (Å²) >= 11 is 0. The molecule has 8 nitrogen and oxygen atoms in total. The molecule has 1 fully saturated rings. The Morgan fingerprint density at radius 3 is 2.31 bits per heavy atom. The highest BCUT2D eigenvalue weighted by Gasteiger charge is 2.28. The maximum atomic E-state index is 12.3. The monoisotopic (exact) mass is 442 g/mol. The van der Waals surface area contributed by atoms with Gasteiger partial charge in [-0.1, -0.05) is 13.8 Å². The second kappa shape index (κ2) is 11.6. The van der Waals surface area contributed by atoms with E-state index < -0.39 is 11.8 Å². The molecule has 1 saturated heterocycles. The number of carbonyl (C=O) groups is 2. The number of piperazine rings is 1. The molecule has 0 radical (unpaired) electrons.